The van der Waals surface area contributed by atoms with Crippen LogP contribution in [0.2, 0.25) is 0 Å². The topological polar surface area (TPSA) is 48.0 Å². The molecule has 2 fully saturated rings. The minimum Gasteiger partial charge on any atom is -0.493 e. The largest absolute Gasteiger partial charge is 0.493 e. The fourth-order valence-electron chi connectivity index (χ4n) is 3.88. The van der Waals surface area contributed by atoms with E-state index in [9.17, 15) is 4.79 Å². The second-order valence-corrected chi connectivity index (χ2v) is 6.89. The Morgan fingerprint density at radius 3 is 2.21 bits per heavy atom. The summed E-state index contributed by atoms with van der Waals surface area (Å²) in [5, 5.41) is 0. The van der Waals surface area contributed by atoms with E-state index in [1.165, 1.54) is 25.5 Å². The molecule has 0 N–H and O–H groups in total. The lowest BCUT2D eigenvalue weighted by atomic mass is 9.90. The maximum atomic E-state index is 11.8. The Hall–Kier alpha value is -1.91. The normalized spacial score (nSPS) is 21.2. The van der Waals surface area contributed by atoms with Crippen LogP contribution in [-0.2, 0) is 4.74 Å². The van der Waals surface area contributed by atoms with E-state index < -0.39 is 0 Å². The zero-order valence-electron chi connectivity index (χ0n) is 18.8. The minimum atomic E-state index is -0.250. The zero-order valence-corrected chi connectivity index (χ0v) is 18.8. The molecule has 1 amide bonds. The van der Waals surface area contributed by atoms with Gasteiger partial charge in [0.2, 0.25) is 0 Å². The minimum absolute atomic E-state index is 0.250. The van der Waals surface area contributed by atoms with Gasteiger partial charge in [-0.05, 0) is 49.3 Å². The summed E-state index contributed by atoms with van der Waals surface area (Å²) in [4.78, 5) is 13.6. The summed E-state index contributed by atoms with van der Waals surface area (Å²) in [6.45, 7) is 11.6. The van der Waals surface area contributed by atoms with E-state index in [2.05, 4.69) is 19.1 Å². The molecule has 0 spiro atoms. The van der Waals surface area contributed by atoms with Crippen LogP contribution in [0.3, 0.4) is 0 Å². The lowest BCUT2D eigenvalue weighted by molar-refractivity contribution is 0.131. The van der Waals surface area contributed by atoms with Gasteiger partial charge in [0.05, 0.1) is 20.3 Å². The fraction of sp³-hybridized carbons (Fsp3) is 0.696. The number of methoxy groups -OCH3 is 2. The predicted octanol–water partition coefficient (Wildman–Crippen LogP) is 5.87. The first-order valence-corrected chi connectivity index (χ1v) is 10.8. The highest BCUT2D eigenvalue weighted by Gasteiger charge is 2.34. The average Bonchev–Trinajstić information content (AvgIpc) is 3.40. The first-order valence-electron chi connectivity index (χ1n) is 10.8. The van der Waals surface area contributed by atoms with E-state index in [0.29, 0.717) is 24.5 Å². The molecule has 5 nitrogen and oxygen atoms in total. The van der Waals surface area contributed by atoms with E-state index in [1.54, 1.807) is 12.0 Å². The van der Waals surface area contributed by atoms with Crippen molar-refractivity contribution in [3.8, 4) is 11.5 Å². The van der Waals surface area contributed by atoms with Crippen molar-refractivity contribution in [2.75, 3.05) is 27.3 Å². The lowest BCUT2D eigenvalue weighted by Gasteiger charge is -2.20. The van der Waals surface area contributed by atoms with E-state index >= 15 is 0 Å². The third-order valence-corrected chi connectivity index (χ3v) is 5.26. The number of hydrogen-bond acceptors (Lipinski definition) is 4. The molecule has 2 atom stereocenters. The van der Waals surface area contributed by atoms with Gasteiger partial charge in [0.1, 0.15) is 0 Å². The highest BCUT2D eigenvalue weighted by molar-refractivity contribution is 5.68. The molecule has 1 saturated carbocycles. The standard InChI is InChI=1S/C19H27NO4.2C2H6/c1-13-11-20(19(21)23-3)12-16(13)14-8-9-17(22-2)18(10-14)24-15-6-4-5-7-15;2*1-2/h8-10,13,15-16H,4-7,11-12H2,1-3H3;2*1-2H3/t13-,16+;;/m0../s1. The van der Waals surface area contributed by atoms with Crippen LogP contribution >= 0.6 is 0 Å². The number of nitrogens with zero attached hydrogens (tertiary/aromatic N) is 1. The molecule has 3 rings (SSSR count). The Morgan fingerprint density at radius 2 is 1.64 bits per heavy atom. The van der Waals surface area contributed by atoms with Crippen molar-refractivity contribution in [3.05, 3.63) is 23.8 Å². The van der Waals surface area contributed by atoms with Gasteiger partial charge in [0, 0.05) is 19.0 Å². The molecule has 5 heteroatoms. The van der Waals surface area contributed by atoms with Crippen LogP contribution in [0.1, 0.15) is 71.8 Å². The molecule has 1 saturated heterocycles. The van der Waals surface area contributed by atoms with Gasteiger partial charge in [-0.25, -0.2) is 4.79 Å². The smallest absolute Gasteiger partial charge is 0.409 e. The average molecular weight is 394 g/mol. The number of carbonyl (C=O) groups is 1. The molecule has 1 aliphatic carbocycles. The molecule has 0 radical (unpaired) electrons. The summed E-state index contributed by atoms with van der Waals surface area (Å²) in [5.41, 5.74) is 1.20. The van der Waals surface area contributed by atoms with Gasteiger partial charge in [-0.2, -0.15) is 0 Å². The van der Waals surface area contributed by atoms with E-state index in [-0.39, 0.29) is 6.09 Å². The van der Waals surface area contributed by atoms with Crippen LogP contribution < -0.4 is 9.47 Å². The summed E-state index contributed by atoms with van der Waals surface area (Å²) in [6.07, 6.45) is 4.75. The number of benzene rings is 1. The van der Waals surface area contributed by atoms with Crippen LogP contribution in [0.25, 0.3) is 0 Å². The van der Waals surface area contributed by atoms with Crippen LogP contribution in [0.4, 0.5) is 4.79 Å². The van der Waals surface area contributed by atoms with Gasteiger partial charge in [-0.3, -0.25) is 0 Å². The lowest BCUT2D eigenvalue weighted by Crippen LogP contribution is -2.28. The number of carbonyl (C=O) groups excluding carboxylic acids is 1. The van der Waals surface area contributed by atoms with E-state index in [4.69, 9.17) is 14.2 Å². The number of hydrogen-bond donors (Lipinski definition) is 0. The molecule has 28 heavy (non-hydrogen) atoms. The molecule has 2 aliphatic rings. The van der Waals surface area contributed by atoms with Crippen molar-refractivity contribution < 1.29 is 19.0 Å². The SMILES string of the molecule is CC.CC.COC(=O)N1C[C@H](C)[C@H](c2ccc(OC)c(OC3CCCC3)c2)C1. The quantitative estimate of drug-likeness (QED) is 0.642. The van der Waals surface area contributed by atoms with Crippen molar-refractivity contribution in [2.24, 2.45) is 5.92 Å². The molecule has 1 aromatic carbocycles. The molecule has 0 unspecified atom stereocenters. The van der Waals surface area contributed by atoms with Crippen molar-refractivity contribution in [3.63, 3.8) is 0 Å². The van der Waals surface area contributed by atoms with E-state index in [0.717, 1.165) is 30.9 Å². The molecule has 1 heterocycles. The molecular weight excluding hydrogens is 354 g/mol. The van der Waals surface area contributed by atoms with Gasteiger partial charge >= 0.3 is 6.09 Å². The van der Waals surface area contributed by atoms with E-state index in [1.807, 2.05) is 33.8 Å². The maximum absolute atomic E-state index is 11.8. The fourth-order valence-corrected chi connectivity index (χ4v) is 3.88. The summed E-state index contributed by atoms with van der Waals surface area (Å²) in [7, 11) is 3.11. The van der Waals surface area contributed by atoms with Crippen molar-refractivity contribution in [1.29, 1.82) is 0 Å². The Kier molecular flexibility index (Phi) is 10.8. The summed E-state index contributed by atoms with van der Waals surface area (Å²) >= 11 is 0. The van der Waals surface area contributed by atoms with Gasteiger partial charge in [0.25, 0.3) is 0 Å². The number of ether oxygens (including phenoxy) is 3. The molecule has 0 aromatic heterocycles. The Morgan fingerprint density at radius 1 is 1.00 bits per heavy atom. The second kappa shape index (κ2) is 12.5. The molecule has 0 bridgehead atoms. The first-order chi connectivity index (χ1) is 13.6. The Balaban J connectivity index is 0.000000921. The molecular formula is C23H39NO4. The monoisotopic (exact) mass is 393 g/mol. The van der Waals surface area contributed by atoms with Gasteiger partial charge in [-0.15, -0.1) is 0 Å². The van der Waals surface area contributed by atoms with Crippen LogP contribution in [0.15, 0.2) is 18.2 Å². The highest BCUT2D eigenvalue weighted by atomic mass is 16.5. The van der Waals surface area contributed by atoms with Crippen LogP contribution in [-0.4, -0.2) is 44.4 Å². The van der Waals surface area contributed by atoms with Crippen molar-refractivity contribution in [1.82, 2.24) is 4.90 Å². The summed E-state index contributed by atoms with van der Waals surface area (Å²) in [6, 6.07) is 6.16. The zero-order chi connectivity index (χ0) is 21.1. The van der Waals surface area contributed by atoms with Gasteiger partial charge in [-0.1, -0.05) is 40.7 Å². The highest BCUT2D eigenvalue weighted by Crippen LogP contribution is 2.38. The van der Waals surface area contributed by atoms with Crippen LogP contribution in [0.5, 0.6) is 11.5 Å². The first kappa shape index (κ1) is 24.1. The third kappa shape index (κ3) is 6.05. The summed E-state index contributed by atoms with van der Waals surface area (Å²) in [5.74, 6) is 2.28. The van der Waals surface area contributed by atoms with Gasteiger partial charge < -0.3 is 19.1 Å². The third-order valence-electron chi connectivity index (χ3n) is 5.26. The number of likely N-dealkylation sites (tertiary alicyclic amines) is 1. The number of amides is 1. The summed E-state index contributed by atoms with van der Waals surface area (Å²) < 4.78 is 16.5. The van der Waals surface area contributed by atoms with Gasteiger partial charge in [0.15, 0.2) is 11.5 Å². The van der Waals surface area contributed by atoms with Crippen molar-refractivity contribution in [2.45, 2.75) is 72.3 Å². The maximum Gasteiger partial charge on any atom is 0.409 e. The van der Waals surface area contributed by atoms with Crippen LogP contribution in [0, 0.1) is 5.92 Å². The second-order valence-electron chi connectivity index (χ2n) is 6.89. The molecule has 1 aromatic rings. The van der Waals surface area contributed by atoms with Crippen molar-refractivity contribution >= 4 is 6.09 Å². The Labute approximate surface area is 171 Å². The Bertz CT molecular complexity index is 584. The molecule has 1 aliphatic heterocycles. The predicted molar refractivity (Wildman–Crippen MR) is 114 cm³/mol. The number of rotatable bonds is 4. The molecule has 160 valence electrons.